The molecule has 0 fully saturated rings. The molecule has 0 unspecified atom stereocenters. The average molecular weight is 626 g/mol. The highest BCUT2D eigenvalue weighted by Gasteiger charge is 2.48. The topological polar surface area (TPSA) is 52.5 Å². The van der Waals surface area contributed by atoms with Crippen molar-refractivity contribution in [2.24, 2.45) is 0 Å². The molecule has 9 rings (SSSR count). The summed E-state index contributed by atoms with van der Waals surface area (Å²) in [4.78, 5) is 0. The monoisotopic (exact) mass is 625 g/mol. The van der Waals surface area contributed by atoms with Crippen molar-refractivity contribution in [3.05, 3.63) is 175 Å². The summed E-state index contributed by atoms with van der Waals surface area (Å²) in [7, 11) is -2.57. The van der Waals surface area contributed by atoms with Gasteiger partial charge in [-0.3, -0.25) is 0 Å². The number of fused-ring (bicyclic) bond motifs is 6. The Bertz CT molecular complexity index is 2570. The summed E-state index contributed by atoms with van der Waals surface area (Å²) in [5, 5.41) is 27.6. The molecule has 1 aliphatic rings. The zero-order chi connectivity index (χ0) is 32.2. The van der Waals surface area contributed by atoms with Gasteiger partial charge in [-0.05, 0) is 79.9 Å². The molecule has 48 heavy (non-hydrogen) atoms. The van der Waals surface area contributed by atoms with Crippen LogP contribution in [0.1, 0.15) is 11.1 Å². The fourth-order valence-electron chi connectivity index (χ4n) is 8.03. The number of rotatable bonds is 4. The molecule has 3 nitrogen and oxygen atoms in total. The van der Waals surface area contributed by atoms with Crippen LogP contribution in [0.3, 0.4) is 0 Å². The van der Waals surface area contributed by atoms with Gasteiger partial charge in [0.25, 0.3) is 0 Å². The molecule has 0 saturated carbocycles. The van der Waals surface area contributed by atoms with Crippen LogP contribution in [0.25, 0.3) is 49.7 Å². The predicted octanol–water partition coefficient (Wildman–Crippen LogP) is 7.55. The Hall–Kier alpha value is -6.46. The standard InChI is InChI=1S/C44H27N3Si/c45-28-31-12-11-13-32(29-46)44(31)30-22-24-41-38(26-30)36-18-7-9-20-40(36)47(41)33-23-25-43-39(27-33)37-19-8-10-21-42(37)48(43,34-14-3-1-4-15-34)35-16-5-2-6-17-35/h1-27H. The molecule has 0 saturated heterocycles. The van der Waals surface area contributed by atoms with E-state index in [2.05, 4.69) is 156 Å². The highest BCUT2D eigenvalue weighted by molar-refractivity contribution is 7.22. The van der Waals surface area contributed by atoms with Crippen LogP contribution in [0.2, 0.25) is 0 Å². The van der Waals surface area contributed by atoms with E-state index >= 15 is 0 Å². The summed E-state index contributed by atoms with van der Waals surface area (Å²) in [6.07, 6.45) is 0. The van der Waals surface area contributed by atoms with Gasteiger partial charge in [-0.1, -0.05) is 121 Å². The van der Waals surface area contributed by atoms with Crippen molar-refractivity contribution in [3.8, 4) is 40.1 Å². The van der Waals surface area contributed by atoms with Gasteiger partial charge in [0, 0.05) is 22.0 Å². The Morgan fingerprint density at radius 2 is 1.06 bits per heavy atom. The Morgan fingerprint density at radius 3 is 1.77 bits per heavy atom. The lowest BCUT2D eigenvalue weighted by Gasteiger charge is -2.31. The fraction of sp³-hybridized carbons (Fsp3) is 0. The van der Waals surface area contributed by atoms with Gasteiger partial charge in [-0.2, -0.15) is 10.5 Å². The van der Waals surface area contributed by atoms with Crippen molar-refractivity contribution in [1.82, 2.24) is 4.57 Å². The second-order valence-electron chi connectivity index (χ2n) is 12.3. The molecule has 2 heterocycles. The van der Waals surface area contributed by atoms with Crippen LogP contribution >= 0.6 is 0 Å². The SMILES string of the molecule is N#Cc1cccc(C#N)c1-c1ccc2c(c1)c1ccccc1n2-c1ccc2c(c1)-c1ccccc1[Si]2(c1ccccc1)c1ccccc1. The van der Waals surface area contributed by atoms with Crippen LogP contribution in [0.4, 0.5) is 0 Å². The van der Waals surface area contributed by atoms with E-state index in [-0.39, 0.29) is 0 Å². The largest absolute Gasteiger partial charge is 0.309 e. The molecule has 0 atom stereocenters. The van der Waals surface area contributed by atoms with E-state index in [1.165, 1.54) is 31.9 Å². The van der Waals surface area contributed by atoms with Crippen molar-refractivity contribution in [2.75, 3.05) is 0 Å². The maximum atomic E-state index is 9.91. The van der Waals surface area contributed by atoms with Gasteiger partial charge in [-0.25, -0.2) is 0 Å². The molecule has 7 aromatic carbocycles. The zero-order valence-corrected chi connectivity index (χ0v) is 26.9. The number of hydrogen-bond acceptors (Lipinski definition) is 2. The quantitative estimate of drug-likeness (QED) is 0.190. The molecule has 222 valence electrons. The summed E-state index contributed by atoms with van der Waals surface area (Å²) in [6, 6.07) is 62.9. The highest BCUT2D eigenvalue weighted by atomic mass is 28.3. The predicted molar refractivity (Wildman–Crippen MR) is 198 cm³/mol. The molecule has 0 spiro atoms. The Balaban J connectivity index is 1.31. The van der Waals surface area contributed by atoms with Gasteiger partial charge in [0.05, 0.1) is 34.3 Å². The van der Waals surface area contributed by atoms with Crippen LogP contribution in [-0.4, -0.2) is 12.6 Å². The van der Waals surface area contributed by atoms with Gasteiger partial charge >= 0.3 is 0 Å². The van der Waals surface area contributed by atoms with E-state index in [1.54, 1.807) is 18.2 Å². The number of hydrogen-bond donors (Lipinski definition) is 0. The minimum Gasteiger partial charge on any atom is -0.309 e. The zero-order valence-electron chi connectivity index (χ0n) is 25.9. The van der Waals surface area contributed by atoms with Gasteiger partial charge in [0.1, 0.15) is 0 Å². The van der Waals surface area contributed by atoms with Gasteiger partial charge in [0.15, 0.2) is 8.07 Å². The number of nitrogens with zero attached hydrogens (tertiary/aromatic N) is 3. The first-order chi connectivity index (χ1) is 23.7. The lowest BCUT2D eigenvalue weighted by molar-refractivity contribution is 1.18. The third-order valence-electron chi connectivity index (χ3n) is 9.97. The van der Waals surface area contributed by atoms with Crippen molar-refractivity contribution in [3.63, 3.8) is 0 Å². The number of nitriles is 2. The molecule has 0 aliphatic carbocycles. The number of para-hydroxylation sites is 1. The number of benzene rings is 7. The van der Waals surface area contributed by atoms with E-state index in [0.717, 1.165) is 33.1 Å². The molecule has 0 N–H and O–H groups in total. The first-order valence-corrected chi connectivity index (χ1v) is 18.1. The summed E-state index contributed by atoms with van der Waals surface area (Å²) in [6.45, 7) is 0. The minimum atomic E-state index is -2.57. The second-order valence-corrected chi connectivity index (χ2v) is 16.0. The van der Waals surface area contributed by atoms with Gasteiger partial charge in [0.2, 0.25) is 0 Å². The molecule has 0 bridgehead atoms. The van der Waals surface area contributed by atoms with E-state index < -0.39 is 8.07 Å². The first kappa shape index (κ1) is 27.8. The van der Waals surface area contributed by atoms with Gasteiger partial charge < -0.3 is 4.57 Å². The summed E-state index contributed by atoms with van der Waals surface area (Å²) in [5.41, 5.74) is 8.41. The lowest BCUT2D eigenvalue weighted by Crippen LogP contribution is -2.72. The Labute approximate surface area is 279 Å². The second kappa shape index (κ2) is 10.8. The molecule has 0 amide bonds. The van der Waals surface area contributed by atoms with E-state index in [1.807, 2.05) is 6.07 Å². The molecule has 1 aliphatic heterocycles. The summed E-state index contributed by atoms with van der Waals surface area (Å²) >= 11 is 0. The highest BCUT2D eigenvalue weighted by Crippen LogP contribution is 2.38. The molecule has 8 aromatic rings. The van der Waals surface area contributed by atoms with Crippen LogP contribution in [0.5, 0.6) is 0 Å². The first-order valence-electron chi connectivity index (χ1n) is 16.1. The van der Waals surface area contributed by atoms with Crippen molar-refractivity contribution < 1.29 is 0 Å². The van der Waals surface area contributed by atoms with E-state index in [0.29, 0.717) is 16.7 Å². The molecular formula is C44H27N3Si. The normalized spacial score (nSPS) is 12.7. The summed E-state index contributed by atoms with van der Waals surface area (Å²) < 4.78 is 2.35. The maximum absolute atomic E-state index is 9.91. The fourth-order valence-corrected chi connectivity index (χ4v) is 13.2. The van der Waals surface area contributed by atoms with Crippen molar-refractivity contribution in [2.45, 2.75) is 0 Å². The van der Waals surface area contributed by atoms with Crippen molar-refractivity contribution in [1.29, 1.82) is 10.5 Å². The van der Waals surface area contributed by atoms with Crippen LogP contribution < -0.4 is 20.7 Å². The van der Waals surface area contributed by atoms with Crippen LogP contribution in [-0.2, 0) is 0 Å². The molecule has 0 radical (unpaired) electrons. The summed E-state index contributed by atoms with van der Waals surface area (Å²) in [5.74, 6) is 0. The molecule has 4 heteroatoms. The third-order valence-corrected chi connectivity index (χ3v) is 14.9. The minimum absolute atomic E-state index is 0.499. The van der Waals surface area contributed by atoms with E-state index in [9.17, 15) is 10.5 Å². The smallest absolute Gasteiger partial charge is 0.180 e. The van der Waals surface area contributed by atoms with Crippen LogP contribution in [0, 0.1) is 22.7 Å². The Morgan fingerprint density at radius 1 is 0.458 bits per heavy atom. The van der Waals surface area contributed by atoms with Crippen LogP contribution in [0.15, 0.2) is 164 Å². The van der Waals surface area contributed by atoms with Crippen molar-refractivity contribution >= 4 is 50.6 Å². The maximum Gasteiger partial charge on any atom is 0.180 e. The number of aromatic nitrogens is 1. The Kier molecular flexibility index (Phi) is 6.27. The lowest BCUT2D eigenvalue weighted by atomic mass is 9.94. The molecule has 1 aromatic heterocycles. The van der Waals surface area contributed by atoms with E-state index in [4.69, 9.17) is 0 Å². The average Bonchev–Trinajstić information content (AvgIpc) is 3.65. The third kappa shape index (κ3) is 3.85. The molecular weight excluding hydrogens is 599 g/mol. The van der Waals surface area contributed by atoms with Gasteiger partial charge in [-0.15, -0.1) is 0 Å².